The van der Waals surface area contributed by atoms with Crippen LogP contribution in [0, 0.1) is 0 Å². The second-order valence-corrected chi connectivity index (χ2v) is 3.16. The van der Waals surface area contributed by atoms with Gasteiger partial charge >= 0.3 is 5.97 Å². The lowest BCUT2D eigenvalue weighted by molar-refractivity contribution is -0.142. The molecular formula is C8H12N4O2. The van der Waals surface area contributed by atoms with Gasteiger partial charge in [-0.15, -0.1) is 5.10 Å². The fourth-order valence-electron chi connectivity index (χ4n) is 1.42. The summed E-state index contributed by atoms with van der Waals surface area (Å²) in [5, 5.41) is 11.1. The van der Waals surface area contributed by atoms with Crippen LogP contribution < -0.4 is 5.32 Å². The number of aromatic nitrogens is 3. The van der Waals surface area contributed by atoms with Crippen molar-refractivity contribution in [1.29, 1.82) is 0 Å². The van der Waals surface area contributed by atoms with Crippen molar-refractivity contribution >= 4 is 5.97 Å². The normalized spacial score (nSPS) is 14.9. The van der Waals surface area contributed by atoms with Crippen LogP contribution in [0.15, 0.2) is 0 Å². The van der Waals surface area contributed by atoms with Gasteiger partial charge in [0.1, 0.15) is 12.3 Å². The van der Waals surface area contributed by atoms with Gasteiger partial charge in [0.15, 0.2) is 0 Å². The van der Waals surface area contributed by atoms with Crippen LogP contribution in [0.1, 0.15) is 18.3 Å². The molecule has 0 aliphatic carbocycles. The van der Waals surface area contributed by atoms with Gasteiger partial charge in [-0.25, -0.2) is 4.68 Å². The molecule has 0 aromatic carbocycles. The molecule has 1 aromatic rings. The van der Waals surface area contributed by atoms with E-state index in [4.69, 9.17) is 4.74 Å². The van der Waals surface area contributed by atoms with Gasteiger partial charge in [-0.2, -0.15) is 0 Å². The number of esters is 1. The van der Waals surface area contributed by atoms with Gasteiger partial charge in [-0.05, 0) is 0 Å². The summed E-state index contributed by atoms with van der Waals surface area (Å²) in [5.74, 6) is -0.296. The third kappa shape index (κ3) is 1.74. The van der Waals surface area contributed by atoms with Crippen molar-refractivity contribution in [2.24, 2.45) is 0 Å². The Bertz CT molecular complexity index is 347. The van der Waals surface area contributed by atoms with Crippen LogP contribution in [-0.2, 0) is 29.2 Å². The molecule has 1 aromatic heterocycles. The topological polar surface area (TPSA) is 69.0 Å². The van der Waals surface area contributed by atoms with Gasteiger partial charge in [0, 0.05) is 20.0 Å². The lowest BCUT2D eigenvalue weighted by atomic mass is 10.3. The molecule has 2 rings (SSSR count). The van der Waals surface area contributed by atoms with E-state index in [1.165, 1.54) is 6.92 Å². The molecule has 0 atom stereocenters. The van der Waals surface area contributed by atoms with E-state index in [1.807, 2.05) is 4.68 Å². The SMILES string of the molecule is CC(=O)OCc1nnn2c1CNCC2. The molecule has 76 valence electrons. The standard InChI is InChI=1S/C8H12N4O2/c1-6(13)14-5-7-8-4-9-2-3-12(8)11-10-7/h9H,2-5H2,1H3. The van der Waals surface area contributed by atoms with Gasteiger partial charge in [0.05, 0.1) is 12.2 Å². The van der Waals surface area contributed by atoms with E-state index in [0.717, 1.165) is 31.0 Å². The largest absolute Gasteiger partial charge is 0.459 e. The zero-order valence-electron chi connectivity index (χ0n) is 7.99. The first kappa shape index (κ1) is 9.14. The minimum Gasteiger partial charge on any atom is -0.459 e. The summed E-state index contributed by atoms with van der Waals surface area (Å²) in [4.78, 5) is 10.6. The maximum Gasteiger partial charge on any atom is 0.303 e. The molecule has 0 saturated carbocycles. The number of carbonyl (C=O) groups is 1. The van der Waals surface area contributed by atoms with Crippen molar-refractivity contribution in [2.45, 2.75) is 26.6 Å². The van der Waals surface area contributed by atoms with Crippen LogP contribution in [0.25, 0.3) is 0 Å². The van der Waals surface area contributed by atoms with Crippen LogP contribution in [0.2, 0.25) is 0 Å². The van der Waals surface area contributed by atoms with E-state index in [0.29, 0.717) is 0 Å². The number of ether oxygens (including phenoxy) is 1. The van der Waals surface area contributed by atoms with Crippen LogP contribution in [-0.4, -0.2) is 27.5 Å². The highest BCUT2D eigenvalue weighted by Crippen LogP contribution is 2.09. The van der Waals surface area contributed by atoms with Gasteiger partial charge < -0.3 is 10.1 Å². The van der Waals surface area contributed by atoms with Crippen LogP contribution in [0.5, 0.6) is 0 Å². The fourth-order valence-corrected chi connectivity index (χ4v) is 1.42. The molecule has 0 unspecified atom stereocenters. The molecule has 0 amide bonds. The highest BCUT2D eigenvalue weighted by molar-refractivity contribution is 5.65. The third-order valence-corrected chi connectivity index (χ3v) is 2.12. The minimum atomic E-state index is -0.296. The summed E-state index contributed by atoms with van der Waals surface area (Å²) in [6.45, 7) is 4.07. The molecule has 6 heteroatoms. The van der Waals surface area contributed by atoms with Gasteiger partial charge in [-0.3, -0.25) is 4.79 Å². The highest BCUT2D eigenvalue weighted by Gasteiger charge is 2.16. The Hall–Kier alpha value is -1.43. The first-order valence-corrected chi connectivity index (χ1v) is 4.52. The Balaban J connectivity index is 2.10. The number of fused-ring (bicyclic) bond motifs is 1. The number of nitrogens with zero attached hydrogens (tertiary/aromatic N) is 3. The zero-order valence-corrected chi connectivity index (χ0v) is 7.99. The Morgan fingerprint density at radius 3 is 3.36 bits per heavy atom. The molecule has 0 fully saturated rings. The number of carbonyl (C=O) groups excluding carboxylic acids is 1. The monoisotopic (exact) mass is 196 g/mol. The average molecular weight is 196 g/mol. The second-order valence-electron chi connectivity index (χ2n) is 3.16. The molecular weight excluding hydrogens is 184 g/mol. The molecule has 1 N–H and O–H groups in total. The Morgan fingerprint density at radius 2 is 2.57 bits per heavy atom. The Morgan fingerprint density at radius 1 is 1.71 bits per heavy atom. The van der Waals surface area contributed by atoms with Crippen molar-refractivity contribution in [2.75, 3.05) is 6.54 Å². The Labute approximate surface area is 81.2 Å². The molecule has 0 saturated heterocycles. The molecule has 1 aliphatic rings. The first-order valence-electron chi connectivity index (χ1n) is 4.52. The molecule has 0 bridgehead atoms. The van der Waals surface area contributed by atoms with Crippen molar-refractivity contribution < 1.29 is 9.53 Å². The highest BCUT2D eigenvalue weighted by atomic mass is 16.5. The molecule has 0 radical (unpaired) electrons. The second kappa shape index (κ2) is 3.75. The number of nitrogens with one attached hydrogen (secondary N) is 1. The molecule has 2 heterocycles. The summed E-state index contributed by atoms with van der Waals surface area (Å²) >= 11 is 0. The average Bonchev–Trinajstić information content (AvgIpc) is 2.58. The number of hydrogen-bond acceptors (Lipinski definition) is 5. The zero-order chi connectivity index (χ0) is 9.97. The lowest BCUT2D eigenvalue weighted by Gasteiger charge is -2.14. The van der Waals surface area contributed by atoms with E-state index < -0.39 is 0 Å². The third-order valence-electron chi connectivity index (χ3n) is 2.12. The van der Waals surface area contributed by atoms with E-state index in [9.17, 15) is 4.79 Å². The predicted octanol–water partition coefficient (Wildman–Crippen LogP) is -0.556. The molecule has 14 heavy (non-hydrogen) atoms. The van der Waals surface area contributed by atoms with Crippen molar-refractivity contribution in [3.05, 3.63) is 11.4 Å². The van der Waals surface area contributed by atoms with Crippen molar-refractivity contribution in [3.8, 4) is 0 Å². The van der Waals surface area contributed by atoms with E-state index in [1.54, 1.807) is 0 Å². The maximum atomic E-state index is 10.6. The molecule has 1 aliphatic heterocycles. The first-order chi connectivity index (χ1) is 6.77. The quantitative estimate of drug-likeness (QED) is 0.642. The number of rotatable bonds is 2. The van der Waals surface area contributed by atoms with Crippen molar-refractivity contribution in [3.63, 3.8) is 0 Å². The van der Waals surface area contributed by atoms with Crippen LogP contribution in [0.3, 0.4) is 0 Å². The van der Waals surface area contributed by atoms with E-state index in [-0.39, 0.29) is 12.6 Å². The van der Waals surface area contributed by atoms with E-state index in [2.05, 4.69) is 15.6 Å². The molecule has 6 nitrogen and oxygen atoms in total. The summed E-state index contributed by atoms with van der Waals surface area (Å²) in [5.41, 5.74) is 1.75. The van der Waals surface area contributed by atoms with Gasteiger partial charge in [0.25, 0.3) is 0 Å². The van der Waals surface area contributed by atoms with Crippen LogP contribution in [0.4, 0.5) is 0 Å². The smallest absolute Gasteiger partial charge is 0.303 e. The summed E-state index contributed by atoms with van der Waals surface area (Å²) in [6.07, 6.45) is 0. The van der Waals surface area contributed by atoms with Crippen molar-refractivity contribution in [1.82, 2.24) is 20.3 Å². The van der Waals surface area contributed by atoms with Gasteiger partial charge in [-0.1, -0.05) is 5.21 Å². The minimum absolute atomic E-state index is 0.215. The Kier molecular flexibility index (Phi) is 2.45. The van der Waals surface area contributed by atoms with Gasteiger partial charge in [0.2, 0.25) is 0 Å². The summed E-state index contributed by atoms with van der Waals surface area (Å²) in [7, 11) is 0. The fraction of sp³-hybridized carbons (Fsp3) is 0.625. The van der Waals surface area contributed by atoms with Crippen LogP contribution >= 0.6 is 0 Å². The summed E-state index contributed by atoms with van der Waals surface area (Å²) in [6, 6.07) is 0. The summed E-state index contributed by atoms with van der Waals surface area (Å²) < 4.78 is 6.71. The number of hydrogen-bond donors (Lipinski definition) is 1. The maximum absolute atomic E-state index is 10.6. The van der Waals surface area contributed by atoms with E-state index >= 15 is 0 Å². The molecule has 0 spiro atoms. The predicted molar refractivity (Wildman–Crippen MR) is 47.2 cm³/mol. The lowest BCUT2D eigenvalue weighted by Crippen LogP contribution is -2.29.